The van der Waals surface area contributed by atoms with Crippen LogP contribution in [0.4, 0.5) is 5.69 Å². The van der Waals surface area contributed by atoms with Gasteiger partial charge < -0.3 is 10.1 Å². The highest BCUT2D eigenvalue weighted by Crippen LogP contribution is 2.26. The third-order valence-corrected chi connectivity index (χ3v) is 4.00. The predicted molar refractivity (Wildman–Crippen MR) is 99.1 cm³/mol. The number of carbonyl (C=O) groups excluding carboxylic acids is 1. The Bertz CT molecular complexity index is 870. The number of rotatable bonds is 4. The van der Waals surface area contributed by atoms with Gasteiger partial charge in [0, 0.05) is 21.1 Å². The second-order valence-corrected chi connectivity index (χ2v) is 6.25. The molecule has 0 aliphatic heterocycles. The van der Waals surface area contributed by atoms with Crippen molar-refractivity contribution in [2.75, 3.05) is 5.32 Å². The van der Waals surface area contributed by atoms with Crippen LogP contribution in [0.5, 0.6) is 5.75 Å². The van der Waals surface area contributed by atoms with Gasteiger partial charge in [-0.2, -0.15) is 0 Å². The van der Waals surface area contributed by atoms with Crippen molar-refractivity contribution < 1.29 is 9.53 Å². The van der Waals surface area contributed by atoms with Crippen LogP contribution in [0.2, 0.25) is 10.0 Å². The quantitative estimate of drug-likeness (QED) is 0.662. The summed E-state index contributed by atoms with van der Waals surface area (Å²) >= 11 is 11.9. The zero-order valence-corrected chi connectivity index (χ0v) is 14.4. The maximum atomic E-state index is 12.4. The van der Waals surface area contributed by atoms with E-state index < -0.39 is 6.10 Å². The highest BCUT2D eigenvalue weighted by atomic mass is 35.5. The lowest BCUT2D eigenvalue weighted by atomic mass is 10.1. The maximum Gasteiger partial charge on any atom is 0.265 e. The van der Waals surface area contributed by atoms with E-state index in [9.17, 15) is 4.79 Å². The minimum Gasteiger partial charge on any atom is -0.481 e. The summed E-state index contributed by atoms with van der Waals surface area (Å²) in [6.07, 6.45) is -0.696. The van der Waals surface area contributed by atoms with Crippen molar-refractivity contribution in [2.24, 2.45) is 0 Å². The molecular weight excluding hydrogens is 345 g/mol. The number of fused-ring (bicyclic) bond motifs is 1. The molecule has 0 aliphatic carbocycles. The summed E-state index contributed by atoms with van der Waals surface area (Å²) in [6.45, 7) is 1.68. The number of benzene rings is 3. The first-order valence-electron chi connectivity index (χ1n) is 7.44. The summed E-state index contributed by atoms with van der Waals surface area (Å²) in [7, 11) is 0. The molecule has 3 aromatic rings. The minimum absolute atomic E-state index is 0.248. The third-order valence-electron chi connectivity index (χ3n) is 3.57. The fourth-order valence-corrected chi connectivity index (χ4v) is 2.93. The number of halogens is 2. The first kappa shape index (κ1) is 16.6. The van der Waals surface area contributed by atoms with E-state index in [1.807, 2.05) is 42.5 Å². The van der Waals surface area contributed by atoms with E-state index in [0.29, 0.717) is 15.8 Å². The lowest BCUT2D eigenvalue weighted by molar-refractivity contribution is -0.122. The maximum absolute atomic E-state index is 12.4. The molecule has 5 heteroatoms. The van der Waals surface area contributed by atoms with Crippen molar-refractivity contribution in [3.63, 3.8) is 0 Å². The van der Waals surface area contributed by atoms with Crippen molar-refractivity contribution >= 4 is 45.6 Å². The van der Waals surface area contributed by atoms with Crippen molar-refractivity contribution in [3.05, 3.63) is 70.7 Å². The molecule has 0 saturated carbocycles. The Hall–Kier alpha value is -2.23. The summed E-state index contributed by atoms with van der Waals surface area (Å²) in [5.41, 5.74) is 0.748. The fraction of sp³-hybridized carbons (Fsp3) is 0.105. The second-order valence-electron chi connectivity index (χ2n) is 5.38. The van der Waals surface area contributed by atoms with Crippen LogP contribution in [0.25, 0.3) is 10.8 Å². The van der Waals surface area contributed by atoms with E-state index in [0.717, 1.165) is 16.5 Å². The average Bonchev–Trinajstić information content (AvgIpc) is 2.54. The molecular formula is C19H15Cl2NO2. The molecule has 0 saturated heterocycles. The molecule has 0 heterocycles. The predicted octanol–water partition coefficient (Wildman–Crippen LogP) is 5.55. The van der Waals surface area contributed by atoms with Gasteiger partial charge in [0.2, 0.25) is 0 Å². The monoisotopic (exact) mass is 359 g/mol. The minimum atomic E-state index is -0.696. The van der Waals surface area contributed by atoms with Gasteiger partial charge in [0.15, 0.2) is 6.10 Å². The molecule has 0 fully saturated rings. The fourth-order valence-electron chi connectivity index (χ4n) is 2.42. The van der Waals surface area contributed by atoms with Crippen LogP contribution >= 0.6 is 23.2 Å². The molecule has 0 aromatic heterocycles. The molecule has 1 amide bonds. The van der Waals surface area contributed by atoms with Crippen molar-refractivity contribution in [2.45, 2.75) is 13.0 Å². The van der Waals surface area contributed by atoms with E-state index in [1.54, 1.807) is 25.1 Å². The average molecular weight is 360 g/mol. The SMILES string of the molecule is C[C@@H](Oc1cc(Cl)cc(Cl)c1)C(=O)Nc1cccc2ccccc12. The molecule has 3 aromatic carbocycles. The van der Waals surface area contributed by atoms with Gasteiger partial charge in [-0.25, -0.2) is 0 Å². The molecule has 1 atom stereocenters. The Labute approximate surface area is 150 Å². The van der Waals surface area contributed by atoms with E-state index in [2.05, 4.69) is 5.32 Å². The highest BCUT2D eigenvalue weighted by Gasteiger charge is 2.16. The third kappa shape index (κ3) is 3.81. The van der Waals surface area contributed by atoms with Crippen LogP contribution in [0, 0.1) is 0 Å². The van der Waals surface area contributed by atoms with E-state index >= 15 is 0 Å². The standard InChI is InChI=1S/C19H15Cl2NO2/c1-12(24-16-10-14(20)9-15(21)11-16)19(23)22-18-8-4-6-13-5-2-3-7-17(13)18/h2-12H,1H3,(H,22,23)/t12-/m1/s1. The number of nitrogens with one attached hydrogen (secondary N) is 1. The van der Waals surface area contributed by atoms with Gasteiger partial charge in [-0.1, -0.05) is 59.6 Å². The molecule has 0 bridgehead atoms. The van der Waals surface area contributed by atoms with Crippen LogP contribution < -0.4 is 10.1 Å². The highest BCUT2D eigenvalue weighted by molar-refractivity contribution is 6.34. The lowest BCUT2D eigenvalue weighted by Gasteiger charge is -2.16. The Balaban J connectivity index is 1.76. The molecule has 0 radical (unpaired) electrons. The van der Waals surface area contributed by atoms with Crippen molar-refractivity contribution in [1.29, 1.82) is 0 Å². The molecule has 0 unspecified atom stereocenters. The Morgan fingerprint density at radius 2 is 1.67 bits per heavy atom. The molecule has 0 aliphatic rings. The van der Waals surface area contributed by atoms with Gasteiger partial charge in [-0.05, 0) is 36.6 Å². The van der Waals surface area contributed by atoms with Crippen LogP contribution in [0.1, 0.15) is 6.92 Å². The normalized spacial score (nSPS) is 12.0. The first-order chi connectivity index (χ1) is 11.5. The van der Waals surface area contributed by atoms with Crippen LogP contribution in [0.15, 0.2) is 60.7 Å². The van der Waals surface area contributed by atoms with Crippen LogP contribution in [-0.4, -0.2) is 12.0 Å². The van der Waals surface area contributed by atoms with Gasteiger partial charge in [-0.3, -0.25) is 4.79 Å². The van der Waals surface area contributed by atoms with Gasteiger partial charge in [0.25, 0.3) is 5.91 Å². The molecule has 3 nitrogen and oxygen atoms in total. The topological polar surface area (TPSA) is 38.3 Å². The van der Waals surface area contributed by atoms with E-state index in [4.69, 9.17) is 27.9 Å². The summed E-state index contributed by atoms with van der Waals surface area (Å²) in [6, 6.07) is 18.5. The summed E-state index contributed by atoms with van der Waals surface area (Å²) in [5.74, 6) is 0.204. The smallest absolute Gasteiger partial charge is 0.265 e. The Kier molecular flexibility index (Phi) is 4.93. The van der Waals surface area contributed by atoms with Gasteiger partial charge in [0.05, 0.1) is 0 Å². The molecule has 1 N–H and O–H groups in total. The first-order valence-corrected chi connectivity index (χ1v) is 8.20. The molecule has 122 valence electrons. The summed E-state index contributed by atoms with van der Waals surface area (Å²) in [5, 5.41) is 5.86. The number of amides is 1. The zero-order chi connectivity index (χ0) is 17.1. The molecule has 0 spiro atoms. The van der Waals surface area contributed by atoms with Crippen molar-refractivity contribution in [3.8, 4) is 5.75 Å². The van der Waals surface area contributed by atoms with E-state index in [-0.39, 0.29) is 5.91 Å². The number of hydrogen-bond donors (Lipinski definition) is 1. The Morgan fingerprint density at radius 3 is 2.42 bits per heavy atom. The Morgan fingerprint density at radius 1 is 1.00 bits per heavy atom. The summed E-state index contributed by atoms with van der Waals surface area (Å²) < 4.78 is 5.64. The van der Waals surface area contributed by atoms with E-state index in [1.165, 1.54) is 0 Å². The molecule has 24 heavy (non-hydrogen) atoms. The number of anilines is 1. The van der Waals surface area contributed by atoms with Gasteiger partial charge >= 0.3 is 0 Å². The number of ether oxygens (including phenoxy) is 1. The number of carbonyl (C=O) groups is 1. The summed E-state index contributed by atoms with van der Waals surface area (Å²) in [4.78, 5) is 12.4. The van der Waals surface area contributed by atoms with Crippen molar-refractivity contribution in [1.82, 2.24) is 0 Å². The van der Waals surface area contributed by atoms with Crippen LogP contribution in [-0.2, 0) is 4.79 Å². The lowest BCUT2D eigenvalue weighted by Crippen LogP contribution is -2.30. The largest absolute Gasteiger partial charge is 0.481 e. The zero-order valence-electron chi connectivity index (χ0n) is 12.9. The van der Waals surface area contributed by atoms with Crippen LogP contribution in [0.3, 0.4) is 0 Å². The van der Waals surface area contributed by atoms with Gasteiger partial charge in [0.1, 0.15) is 5.75 Å². The van der Waals surface area contributed by atoms with Gasteiger partial charge in [-0.15, -0.1) is 0 Å². The number of hydrogen-bond acceptors (Lipinski definition) is 2. The second kappa shape index (κ2) is 7.12. The molecule has 3 rings (SSSR count).